The molecule has 6 heteroatoms. The Bertz CT molecular complexity index is 1030. The van der Waals surface area contributed by atoms with Crippen LogP contribution in [0, 0.1) is 5.82 Å². The molecule has 1 heterocycles. The molecule has 0 spiro atoms. The molecule has 0 aliphatic rings. The van der Waals surface area contributed by atoms with Crippen LogP contribution in [0.1, 0.15) is 11.5 Å². The van der Waals surface area contributed by atoms with Crippen LogP contribution in [0.3, 0.4) is 0 Å². The Hall–Kier alpha value is -2.86. The average Bonchev–Trinajstić information content (AvgIpc) is 3.13. The molecule has 0 saturated carbocycles. The summed E-state index contributed by atoms with van der Waals surface area (Å²) < 4.78 is 24.5. The van der Waals surface area contributed by atoms with Crippen molar-refractivity contribution in [2.75, 3.05) is 0 Å². The highest BCUT2D eigenvalue weighted by Crippen LogP contribution is 2.27. The highest BCUT2D eigenvalue weighted by Gasteiger charge is 2.10. The Morgan fingerprint density at radius 3 is 2.65 bits per heavy atom. The van der Waals surface area contributed by atoms with Crippen LogP contribution < -0.4 is 4.74 Å². The van der Waals surface area contributed by atoms with E-state index < -0.39 is 5.82 Å². The molecule has 4 nitrogen and oxygen atoms in total. The van der Waals surface area contributed by atoms with Crippen molar-refractivity contribution < 1.29 is 13.5 Å². The Balaban J connectivity index is 1.40. The minimum atomic E-state index is -0.419. The standard InChI is InChI=1S/C20H15FN2O2S/c21-17-10-3-4-11-18(17)24-12-19-22-23-20(25-19)26-13-15-8-5-7-14-6-1-2-9-16(14)15/h1-11H,12-13H2. The van der Waals surface area contributed by atoms with Crippen LogP contribution in [0.15, 0.2) is 76.4 Å². The van der Waals surface area contributed by atoms with Gasteiger partial charge in [0.25, 0.3) is 11.1 Å². The second-order valence-corrected chi connectivity index (χ2v) is 6.53. The van der Waals surface area contributed by atoms with Crippen molar-refractivity contribution in [3.63, 3.8) is 0 Å². The lowest BCUT2D eigenvalue weighted by molar-refractivity contribution is 0.242. The zero-order chi connectivity index (χ0) is 17.8. The lowest BCUT2D eigenvalue weighted by atomic mass is 10.1. The predicted octanol–water partition coefficient (Wildman–Crippen LogP) is 5.23. The van der Waals surface area contributed by atoms with Gasteiger partial charge in [-0.1, -0.05) is 66.4 Å². The second kappa shape index (κ2) is 7.58. The minimum Gasteiger partial charge on any atom is -0.481 e. The van der Waals surface area contributed by atoms with Crippen LogP contribution >= 0.6 is 11.8 Å². The van der Waals surface area contributed by atoms with Gasteiger partial charge in [0.1, 0.15) is 0 Å². The lowest BCUT2D eigenvalue weighted by Crippen LogP contribution is -1.97. The molecule has 4 rings (SSSR count). The van der Waals surface area contributed by atoms with Crippen molar-refractivity contribution in [3.8, 4) is 5.75 Å². The molecule has 0 atom stereocenters. The van der Waals surface area contributed by atoms with Crippen LogP contribution in [-0.2, 0) is 12.4 Å². The molecule has 26 heavy (non-hydrogen) atoms. The number of halogens is 1. The molecule has 0 unspecified atom stereocenters. The van der Waals surface area contributed by atoms with Crippen molar-refractivity contribution in [1.29, 1.82) is 0 Å². The molecule has 130 valence electrons. The van der Waals surface area contributed by atoms with Gasteiger partial charge >= 0.3 is 0 Å². The van der Waals surface area contributed by atoms with E-state index in [4.69, 9.17) is 9.15 Å². The summed E-state index contributed by atoms with van der Waals surface area (Å²) in [5, 5.41) is 10.8. The maximum Gasteiger partial charge on any atom is 0.277 e. The fraction of sp³-hybridized carbons (Fsp3) is 0.100. The number of aromatic nitrogens is 2. The van der Waals surface area contributed by atoms with Gasteiger partial charge < -0.3 is 9.15 Å². The normalized spacial score (nSPS) is 11.0. The number of rotatable bonds is 6. The molecule has 3 aromatic carbocycles. The molecule has 0 saturated heterocycles. The van der Waals surface area contributed by atoms with E-state index in [2.05, 4.69) is 34.5 Å². The van der Waals surface area contributed by atoms with Crippen molar-refractivity contribution in [2.24, 2.45) is 0 Å². The lowest BCUT2D eigenvalue weighted by Gasteiger charge is -2.04. The number of nitrogens with zero attached hydrogens (tertiary/aromatic N) is 2. The first-order valence-corrected chi connectivity index (χ1v) is 9.07. The van der Waals surface area contributed by atoms with Gasteiger partial charge in [0.05, 0.1) is 0 Å². The fourth-order valence-corrected chi connectivity index (χ4v) is 3.40. The van der Waals surface area contributed by atoms with Gasteiger partial charge in [-0.15, -0.1) is 10.2 Å². The van der Waals surface area contributed by atoms with E-state index in [1.165, 1.54) is 34.2 Å². The minimum absolute atomic E-state index is 0.0305. The quantitative estimate of drug-likeness (QED) is 0.437. The largest absolute Gasteiger partial charge is 0.481 e. The Morgan fingerprint density at radius 2 is 1.73 bits per heavy atom. The van der Waals surface area contributed by atoms with Crippen molar-refractivity contribution in [1.82, 2.24) is 10.2 Å². The molecule has 4 aromatic rings. The van der Waals surface area contributed by atoms with E-state index in [0.717, 1.165) is 5.75 Å². The van der Waals surface area contributed by atoms with Gasteiger partial charge in [0, 0.05) is 5.75 Å². The van der Waals surface area contributed by atoms with E-state index >= 15 is 0 Å². The summed E-state index contributed by atoms with van der Waals surface area (Å²) in [6.07, 6.45) is 0. The van der Waals surface area contributed by atoms with Crippen molar-refractivity contribution >= 4 is 22.5 Å². The van der Waals surface area contributed by atoms with E-state index in [0.29, 0.717) is 11.1 Å². The fourth-order valence-electron chi connectivity index (χ4n) is 2.61. The second-order valence-electron chi connectivity index (χ2n) is 5.61. The third kappa shape index (κ3) is 3.70. The molecule has 0 bridgehead atoms. The molecule has 0 radical (unpaired) electrons. The number of hydrogen-bond acceptors (Lipinski definition) is 5. The van der Waals surface area contributed by atoms with Gasteiger partial charge in [-0.2, -0.15) is 0 Å². The molecule has 0 amide bonds. The highest BCUT2D eigenvalue weighted by atomic mass is 32.2. The van der Waals surface area contributed by atoms with Gasteiger partial charge in [-0.05, 0) is 28.5 Å². The van der Waals surface area contributed by atoms with Crippen LogP contribution in [0.4, 0.5) is 4.39 Å². The predicted molar refractivity (Wildman–Crippen MR) is 98.5 cm³/mol. The van der Waals surface area contributed by atoms with E-state index in [1.54, 1.807) is 18.2 Å². The molecule has 0 N–H and O–H groups in total. The van der Waals surface area contributed by atoms with Crippen molar-refractivity contribution in [3.05, 3.63) is 84.0 Å². The van der Waals surface area contributed by atoms with Crippen LogP contribution in [-0.4, -0.2) is 10.2 Å². The molecular weight excluding hydrogens is 351 g/mol. The number of thioether (sulfide) groups is 1. The first kappa shape index (κ1) is 16.6. The first-order valence-electron chi connectivity index (χ1n) is 8.09. The molecular formula is C20H15FN2O2S. The SMILES string of the molecule is Fc1ccccc1OCc1nnc(SCc2cccc3ccccc23)o1. The third-order valence-electron chi connectivity index (χ3n) is 3.87. The smallest absolute Gasteiger partial charge is 0.277 e. The number of hydrogen-bond donors (Lipinski definition) is 0. The monoisotopic (exact) mass is 366 g/mol. The van der Waals surface area contributed by atoms with Crippen LogP contribution in [0.25, 0.3) is 10.8 Å². The summed E-state index contributed by atoms with van der Waals surface area (Å²) in [5.41, 5.74) is 1.20. The molecule has 1 aromatic heterocycles. The van der Waals surface area contributed by atoms with Gasteiger partial charge in [-0.3, -0.25) is 0 Å². The zero-order valence-corrected chi connectivity index (χ0v) is 14.6. The van der Waals surface area contributed by atoms with Gasteiger partial charge in [0.2, 0.25) is 0 Å². The maximum atomic E-state index is 13.5. The summed E-state index contributed by atoms with van der Waals surface area (Å²) >= 11 is 1.46. The average molecular weight is 366 g/mol. The van der Waals surface area contributed by atoms with Gasteiger partial charge in [0.15, 0.2) is 18.2 Å². The Kier molecular flexibility index (Phi) is 4.84. The van der Waals surface area contributed by atoms with Gasteiger partial charge in [-0.25, -0.2) is 4.39 Å². The number of para-hydroxylation sites is 1. The van der Waals surface area contributed by atoms with E-state index in [-0.39, 0.29) is 12.4 Å². The summed E-state index contributed by atoms with van der Waals surface area (Å²) in [4.78, 5) is 0. The van der Waals surface area contributed by atoms with Crippen molar-refractivity contribution in [2.45, 2.75) is 17.6 Å². The molecule has 0 aliphatic carbocycles. The van der Waals surface area contributed by atoms with E-state index in [1.807, 2.05) is 18.2 Å². The van der Waals surface area contributed by atoms with Crippen LogP contribution in [0.2, 0.25) is 0 Å². The topological polar surface area (TPSA) is 48.2 Å². The zero-order valence-electron chi connectivity index (χ0n) is 13.8. The maximum absolute atomic E-state index is 13.5. The first-order chi connectivity index (χ1) is 12.8. The van der Waals surface area contributed by atoms with Crippen LogP contribution in [0.5, 0.6) is 5.75 Å². The third-order valence-corrected chi connectivity index (χ3v) is 4.73. The Morgan fingerprint density at radius 1 is 0.923 bits per heavy atom. The summed E-state index contributed by atoms with van der Waals surface area (Å²) in [6.45, 7) is 0.0305. The number of benzene rings is 3. The van der Waals surface area contributed by atoms with E-state index in [9.17, 15) is 4.39 Å². The summed E-state index contributed by atoms with van der Waals surface area (Å²) in [6, 6.07) is 20.7. The highest BCUT2D eigenvalue weighted by molar-refractivity contribution is 7.98. The Labute approximate surface area is 154 Å². The summed E-state index contributed by atoms with van der Waals surface area (Å²) in [5.74, 6) is 0.777. The number of ether oxygens (including phenoxy) is 1. The summed E-state index contributed by atoms with van der Waals surface area (Å²) in [7, 11) is 0. The number of fused-ring (bicyclic) bond motifs is 1. The molecule has 0 fully saturated rings. The molecule has 0 aliphatic heterocycles.